The van der Waals surface area contributed by atoms with Crippen LogP contribution in [0.15, 0.2) is 42.6 Å². The monoisotopic (exact) mass is 455 g/mol. The van der Waals surface area contributed by atoms with Crippen molar-refractivity contribution in [3.63, 3.8) is 0 Å². The number of methoxy groups -OCH3 is 2. The highest BCUT2D eigenvalue weighted by Crippen LogP contribution is 2.27. The summed E-state index contributed by atoms with van der Waals surface area (Å²) in [6.07, 6.45) is 2.61. The van der Waals surface area contributed by atoms with Gasteiger partial charge in [0.25, 0.3) is 0 Å². The van der Waals surface area contributed by atoms with E-state index in [0.29, 0.717) is 16.0 Å². The van der Waals surface area contributed by atoms with Gasteiger partial charge < -0.3 is 19.7 Å². The van der Waals surface area contributed by atoms with Gasteiger partial charge in [-0.3, -0.25) is 10.1 Å². The van der Waals surface area contributed by atoms with Crippen molar-refractivity contribution in [3.05, 3.63) is 48.2 Å². The van der Waals surface area contributed by atoms with E-state index >= 15 is 0 Å². The molecule has 3 aromatic rings. The molecular formula is C21H25N7O3S. The molecule has 1 amide bonds. The number of hydrogen-bond acceptors (Lipinski definition) is 10. The number of carbonyl (C=O) groups excluding carboxylic acids is 1. The summed E-state index contributed by atoms with van der Waals surface area (Å²) in [5.74, 6) is 0.845. The van der Waals surface area contributed by atoms with E-state index in [9.17, 15) is 4.79 Å². The zero-order valence-corrected chi connectivity index (χ0v) is 18.7. The van der Waals surface area contributed by atoms with Gasteiger partial charge in [-0.2, -0.15) is 5.10 Å². The Bertz CT molecular complexity index is 1030. The Morgan fingerprint density at radius 2 is 2.09 bits per heavy atom. The molecule has 2 aromatic heterocycles. The third-order valence-electron chi connectivity index (χ3n) is 5.20. The van der Waals surface area contributed by atoms with E-state index in [1.807, 2.05) is 36.4 Å². The van der Waals surface area contributed by atoms with Crippen LogP contribution in [-0.2, 0) is 9.53 Å². The zero-order valence-electron chi connectivity index (χ0n) is 17.9. The van der Waals surface area contributed by atoms with Crippen LogP contribution in [0, 0.1) is 0 Å². The van der Waals surface area contributed by atoms with Crippen LogP contribution in [-0.4, -0.2) is 66.3 Å². The summed E-state index contributed by atoms with van der Waals surface area (Å²) >= 11 is 1.31. The van der Waals surface area contributed by atoms with Gasteiger partial charge in [0.2, 0.25) is 16.2 Å². The molecule has 168 valence electrons. The molecule has 32 heavy (non-hydrogen) atoms. The second-order valence-electron chi connectivity index (χ2n) is 7.34. The SMILES string of the molecule is COCC(C(=O)Nc1nnc(N[C@@H]2CCN(c3cccnn3)C2)s1)c1cccc(OC)c1. The minimum Gasteiger partial charge on any atom is -0.497 e. The second kappa shape index (κ2) is 10.3. The first-order valence-corrected chi connectivity index (χ1v) is 11.0. The van der Waals surface area contributed by atoms with Crippen molar-refractivity contribution in [2.24, 2.45) is 0 Å². The van der Waals surface area contributed by atoms with Crippen molar-refractivity contribution in [2.75, 3.05) is 49.4 Å². The lowest BCUT2D eigenvalue weighted by molar-refractivity contribution is -0.118. The van der Waals surface area contributed by atoms with Crippen LogP contribution in [0.2, 0.25) is 0 Å². The van der Waals surface area contributed by atoms with Gasteiger partial charge in [-0.05, 0) is 36.2 Å². The van der Waals surface area contributed by atoms with E-state index in [4.69, 9.17) is 9.47 Å². The molecule has 0 bridgehead atoms. The number of nitrogens with one attached hydrogen (secondary N) is 2. The Morgan fingerprint density at radius 3 is 2.88 bits per heavy atom. The van der Waals surface area contributed by atoms with Crippen molar-refractivity contribution in [2.45, 2.75) is 18.4 Å². The summed E-state index contributed by atoms with van der Waals surface area (Å²) in [7, 11) is 3.16. The van der Waals surface area contributed by atoms with E-state index in [0.717, 1.165) is 30.9 Å². The van der Waals surface area contributed by atoms with Gasteiger partial charge in [0.05, 0.1) is 19.6 Å². The lowest BCUT2D eigenvalue weighted by atomic mass is 9.99. The van der Waals surface area contributed by atoms with E-state index < -0.39 is 5.92 Å². The Morgan fingerprint density at radius 1 is 1.22 bits per heavy atom. The summed E-state index contributed by atoms with van der Waals surface area (Å²) in [6, 6.07) is 11.4. The van der Waals surface area contributed by atoms with Crippen molar-refractivity contribution < 1.29 is 14.3 Å². The largest absolute Gasteiger partial charge is 0.497 e. The zero-order chi connectivity index (χ0) is 22.3. The normalized spacial score (nSPS) is 16.6. The summed E-state index contributed by atoms with van der Waals surface area (Å²) in [4.78, 5) is 15.1. The van der Waals surface area contributed by atoms with Crippen molar-refractivity contribution in [1.82, 2.24) is 20.4 Å². The minimum atomic E-state index is -0.495. The van der Waals surface area contributed by atoms with Gasteiger partial charge in [0.15, 0.2) is 5.82 Å². The smallest absolute Gasteiger partial charge is 0.236 e. The molecule has 1 aliphatic rings. The van der Waals surface area contributed by atoms with Crippen molar-refractivity contribution in [1.29, 1.82) is 0 Å². The average Bonchev–Trinajstić information content (AvgIpc) is 3.48. The lowest BCUT2D eigenvalue weighted by Gasteiger charge is -2.16. The molecule has 10 nitrogen and oxygen atoms in total. The molecule has 2 atom stereocenters. The summed E-state index contributed by atoms with van der Waals surface area (Å²) < 4.78 is 10.5. The quantitative estimate of drug-likeness (QED) is 0.502. The molecule has 1 fully saturated rings. The molecular weight excluding hydrogens is 430 g/mol. The Hall–Kier alpha value is -3.31. The fourth-order valence-electron chi connectivity index (χ4n) is 3.60. The predicted molar refractivity (Wildman–Crippen MR) is 122 cm³/mol. The topological polar surface area (TPSA) is 114 Å². The van der Waals surface area contributed by atoms with Crippen LogP contribution in [0.4, 0.5) is 16.1 Å². The van der Waals surface area contributed by atoms with Crippen LogP contribution in [0.5, 0.6) is 5.75 Å². The van der Waals surface area contributed by atoms with Crippen LogP contribution in [0.3, 0.4) is 0 Å². The number of anilines is 3. The molecule has 4 rings (SSSR count). The second-order valence-corrected chi connectivity index (χ2v) is 8.32. The molecule has 0 aliphatic carbocycles. The first-order chi connectivity index (χ1) is 15.7. The van der Waals surface area contributed by atoms with Gasteiger partial charge in [-0.25, -0.2) is 0 Å². The molecule has 1 unspecified atom stereocenters. The number of rotatable bonds is 9. The van der Waals surface area contributed by atoms with E-state index in [1.54, 1.807) is 20.4 Å². The van der Waals surface area contributed by atoms with Gasteiger partial charge in [-0.15, -0.1) is 15.3 Å². The summed E-state index contributed by atoms with van der Waals surface area (Å²) in [6.45, 7) is 1.92. The number of ether oxygens (including phenoxy) is 2. The third kappa shape index (κ3) is 5.29. The average molecular weight is 456 g/mol. The maximum atomic E-state index is 12.9. The fraction of sp³-hybridized carbons (Fsp3) is 0.381. The van der Waals surface area contributed by atoms with E-state index in [1.165, 1.54) is 11.3 Å². The number of benzene rings is 1. The van der Waals surface area contributed by atoms with Crippen LogP contribution in [0.25, 0.3) is 0 Å². The molecule has 2 N–H and O–H groups in total. The highest BCUT2D eigenvalue weighted by molar-refractivity contribution is 7.19. The van der Waals surface area contributed by atoms with E-state index in [-0.39, 0.29) is 18.6 Å². The van der Waals surface area contributed by atoms with Crippen LogP contribution >= 0.6 is 11.3 Å². The predicted octanol–water partition coefficient (Wildman–Crippen LogP) is 2.40. The molecule has 1 aliphatic heterocycles. The number of aromatic nitrogens is 4. The maximum Gasteiger partial charge on any atom is 0.236 e. The number of hydrogen-bond donors (Lipinski definition) is 2. The first-order valence-electron chi connectivity index (χ1n) is 10.2. The van der Waals surface area contributed by atoms with Gasteiger partial charge in [0.1, 0.15) is 5.75 Å². The Kier molecular flexibility index (Phi) is 7.07. The fourth-order valence-corrected chi connectivity index (χ4v) is 4.32. The Balaban J connectivity index is 1.36. The third-order valence-corrected chi connectivity index (χ3v) is 5.97. The van der Waals surface area contributed by atoms with Crippen molar-refractivity contribution >= 4 is 33.3 Å². The molecule has 3 heterocycles. The number of nitrogens with zero attached hydrogens (tertiary/aromatic N) is 5. The summed E-state index contributed by atoms with van der Waals surface area (Å²) in [5.41, 5.74) is 0.807. The van der Waals surface area contributed by atoms with Crippen LogP contribution in [0.1, 0.15) is 17.9 Å². The Labute approximate surface area is 190 Å². The van der Waals surface area contributed by atoms with E-state index in [2.05, 4.69) is 35.9 Å². The minimum absolute atomic E-state index is 0.211. The molecule has 0 saturated carbocycles. The van der Waals surface area contributed by atoms with Gasteiger partial charge in [-0.1, -0.05) is 23.5 Å². The lowest BCUT2D eigenvalue weighted by Crippen LogP contribution is -2.26. The first kappa shape index (κ1) is 21.9. The maximum absolute atomic E-state index is 12.9. The van der Waals surface area contributed by atoms with Crippen LogP contribution < -0.4 is 20.3 Å². The molecule has 0 spiro atoms. The molecule has 1 saturated heterocycles. The highest BCUT2D eigenvalue weighted by Gasteiger charge is 2.26. The molecule has 0 radical (unpaired) electrons. The standard InChI is InChI=1S/C21H25N7O3S/c1-30-13-17(14-5-3-6-16(11-14)31-2)19(29)24-21-27-26-20(32-21)23-15-8-10-28(12-15)18-7-4-9-22-25-18/h3-7,9,11,15,17H,8,10,12-13H2,1-2H3,(H,23,26)(H,24,27,29)/t15-,17?/m1/s1. The number of carbonyl (C=O) groups is 1. The highest BCUT2D eigenvalue weighted by atomic mass is 32.1. The van der Waals surface area contributed by atoms with Crippen molar-refractivity contribution in [3.8, 4) is 5.75 Å². The molecule has 11 heteroatoms. The molecule has 1 aromatic carbocycles. The van der Waals surface area contributed by atoms with Gasteiger partial charge >= 0.3 is 0 Å². The number of amides is 1. The summed E-state index contributed by atoms with van der Waals surface area (Å²) in [5, 5.41) is 23.8. The van der Waals surface area contributed by atoms with Gasteiger partial charge in [0, 0.05) is 32.4 Å².